The van der Waals surface area contributed by atoms with E-state index in [2.05, 4.69) is 6.58 Å². The highest BCUT2D eigenvalue weighted by Crippen LogP contribution is 2.34. The Bertz CT molecular complexity index is 1140. The van der Waals surface area contributed by atoms with E-state index in [1.54, 1.807) is 43.5 Å². The van der Waals surface area contributed by atoms with Gasteiger partial charge in [0.15, 0.2) is 18.1 Å². The zero-order valence-corrected chi connectivity index (χ0v) is 17.0. The van der Waals surface area contributed by atoms with Crippen LogP contribution in [0.4, 0.5) is 0 Å². The van der Waals surface area contributed by atoms with E-state index in [1.807, 2.05) is 6.92 Å². The van der Waals surface area contributed by atoms with Crippen molar-refractivity contribution >= 4 is 16.9 Å². The van der Waals surface area contributed by atoms with Gasteiger partial charge in [-0.2, -0.15) is 0 Å². The number of ether oxygens (including phenoxy) is 4. The fourth-order valence-electron chi connectivity index (χ4n) is 3.09. The van der Waals surface area contributed by atoms with E-state index in [9.17, 15) is 9.59 Å². The first-order valence-corrected chi connectivity index (χ1v) is 9.17. The Hall–Kier alpha value is -3.74. The van der Waals surface area contributed by atoms with E-state index < -0.39 is 11.6 Å². The molecule has 156 valence electrons. The molecule has 0 aliphatic rings. The van der Waals surface area contributed by atoms with Gasteiger partial charge in [0.05, 0.1) is 19.8 Å². The van der Waals surface area contributed by atoms with Crippen molar-refractivity contribution in [2.24, 2.45) is 0 Å². The van der Waals surface area contributed by atoms with Gasteiger partial charge in [-0.3, -0.25) is 0 Å². The largest absolute Gasteiger partial charge is 0.493 e. The minimum atomic E-state index is -0.517. The quantitative estimate of drug-likeness (QED) is 0.316. The van der Waals surface area contributed by atoms with Crippen LogP contribution in [-0.4, -0.2) is 33.4 Å². The normalized spacial score (nSPS) is 10.5. The van der Waals surface area contributed by atoms with Gasteiger partial charge in [-0.15, -0.1) is 0 Å². The third-order valence-corrected chi connectivity index (χ3v) is 4.53. The van der Waals surface area contributed by atoms with Crippen molar-refractivity contribution in [1.82, 2.24) is 0 Å². The zero-order valence-electron chi connectivity index (χ0n) is 17.0. The summed E-state index contributed by atoms with van der Waals surface area (Å²) >= 11 is 0. The fourth-order valence-corrected chi connectivity index (χ4v) is 3.09. The van der Waals surface area contributed by atoms with Crippen molar-refractivity contribution in [3.63, 3.8) is 0 Å². The van der Waals surface area contributed by atoms with Gasteiger partial charge in [0.2, 0.25) is 0 Å². The molecule has 0 N–H and O–H groups in total. The summed E-state index contributed by atoms with van der Waals surface area (Å²) in [6.45, 7) is 5.18. The second kappa shape index (κ2) is 9.17. The second-order valence-corrected chi connectivity index (χ2v) is 6.38. The molecule has 0 aliphatic heterocycles. The third kappa shape index (κ3) is 4.30. The number of rotatable bonds is 8. The monoisotopic (exact) mass is 410 g/mol. The van der Waals surface area contributed by atoms with E-state index in [-0.39, 0.29) is 13.2 Å². The smallest absolute Gasteiger partial charge is 0.344 e. The van der Waals surface area contributed by atoms with Gasteiger partial charge in [0.25, 0.3) is 0 Å². The Labute approximate surface area is 173 Å². The maximum atomic E-state index is 12.7. The minimum absolute atomic E-state index is 0.118. The Morgan fingerprint density at radius 3 is 2.57 bits per heavy atom. The number of methoxy groups -OCH3 is 2. The molecule has 0 unspecified atom stereocenters. The maximum absolute atomic E-state index is 12.7. The summed E-state index contributed by atoms with van der Waals surface area (Å²) in [7, 11) is 3.08. The SMILES string of the molecule is C=CCOC(=O)COc1ccc2c(C)c(-c3ccc(OC)c(OC)c3)c(=O)oc2c1. The second-order valence-electron chi connectivity index (χ2n) is 6.38. The molecule has 0 saturated heterocycles. The Morgan fingerprint density at radius 2 is 1.87 bits per heavy atom. The number of aryl methyl sites for hydroxylation is 1. The highest BCUT2D eigenvalue weighted by Gasteiger charge is 2.16. The Morgan fingerprint density at radius 1 is 1.10 bits per heavy atom. The summed E-state index contributed by atoms with van der Waals surface area (Å²) in [5.41, 5.74) is 1.72. The van der Waals surface area contributed by atoms with Gasteiger partial charge >= 0.3 is 11.6 Å². The number of hydrogen-bond donors (Lipinski definition) is 0. The molecule has 0 saturated carbocycles. The lowest BCUT2D eigenvalue weighted by Crippen LogP contribution is -2.14. The summed E-state index contributed by atoms with van der Waals surface area (Å²) in [6, 6.07) is 10.3. The van der Waals surface area contributed by atoms with Crippen LogP contribution in [0.1, 0.15) is 5.56 Å². The van der Waals surface area contributed by atoms with Crippen molar-refractivity contribution in [3.05, 3.63) is 65.0 Å². The van der Waals surface area contributed by atoms with Crippen LogP contribution in [0, 0.1) is 6.92 Å². The van der Waals surface area contributed by atoms with E-state index in [4.69, 9.17) is 23.4 Å². The highest BCUT2D eigenvalue weighted by molar-refractivity contribution is 5.87. The molecule has 7 nitrogen and oxygen atoms in total. The molecule has 0 amide bonds. The van der Waals surface area contributed by atoms with Crippen LogP contribution >= 0.6 is 0 Å². The lowest BCUT2D eigenvalue weighted by molar-refractivity contribution is -0.144. The molecule has 7 heteroatoms. The first-order chi connectivity index (χ1) is 14.5. The average Bonchev–Trinajstić information content (AvgIpc) is 2.75. The van der Waals surface area contributed by atoms with Crippen LogP contribution in [0.2, 0.25) is 0 Å². The summed E-state index contributed by atoms with van der Waals surface area (Å²) in [5, 5.41) is 0.751. The minimum Gasteiger partial charge on any atom is -0.493 e. The molecule has 2 aromatic carbocycles. The molecular formula is C23H22O7. The third-order valence-electron chi connectivity index (χ3n) is 4.53. The van der Waals surface area contributed by atoms with Crippen molar-refractivity contribution < 1.29 is 28.2 Å². The standard InChI is InChI=1S/C23H22O7/c1-5-10-28-21(24)13-29-16-7-8-17-14(2)22(23(25)30-19(17)12-16)15-6-9-18(26-3)20(11-15)27-4/h5-9,11-12H,1,10,13H2,2-4H3. The molecule has 0 aliphatic carbocycles. The molecule has 1 heterocycles. The number of carbonyl (C=O) groups is 1. The number of hydrogen-bond acceptors (Lipinski definition) is 7. The lowest BCUT2D eigenvalue weighted by Gasteiger charge is -2.12. The topological polar surface area (TPSA) is 84.2 Å². The summed E-state index contributed by atoms with van der Waals surface area (Å²) in [6.07, 6.45) is 1.47. The van der Waals surface area contributed by atoms with Crippen LogP contribution in [-0.2, 0) is 9.53 Å². The number of esters is 1. The van der Waals surface area contributed by atoms with Crippen LogP contribution in [0.25, 0.3) is 22.1 Å². The van der Waals surface area contributed by atoms with Gasteiger partial charge in [0.1, 0.15) is 17.9 Å². The van der Waals surface area contributed by atoms with Crippen molar-refractivity contribution in [2.75, 3.05) is 27.4 Å². The predicted molar refractivity (Wildman–Crippen MR) is 112 cm³/mol. The van der Waals surface area contributed by atoms with E-state index in [0.29, 0.717) is 34.0 Å². The first-order valence-electron chi connectivity index (χ1n) is 9.17. The van der Waals surface area contributed by atoms with E-state index in [0.717, 1.165) is 10.9 Å². The van der Waals surface area contributed by atoms with Crippen molar-refractivity contribution in [2.45, 2.75) is 6.92 Å². The first kappa shape index (κ1) is 21.0. The van der Waals surface area contributed by atoms with Gasteiger partial charge in [-0.25, -0.2) is 9.59 Å². The van der Waals surface area contributed by atoms with Crippen LogP contribution < -0.4 is 19.8 Å². The maximum Gasteiger partial charge on any atom is 0.344 e. The number of benzene rings is 2. The Kier molecular flexibility index (Phi) is 6.41. The van der Waals surface area contributed by atoms with Crippen LogP contribution in [0.15, 0.2) is 58.3 Å². The molecule has 30 heavy (non-hydrogen) atoms. The molecule has 0 radical (unpaired) electrons. The molecule has 1 aromatic heterocycles. The van der Waals surface area contributed by atoms with Crippen molar-refractivity contribution in [1.29, 1.82) is 0 Å². The molecule has 0 spiro atoms. The van der Waals surface area contributed by atoms with Gasteiger partial charge in [-0.05, 0) is 42.3 Å². The molecular weight excluding hydrogens is 388 g/mol. The summed E-state index contributed by atoms with van der Waals surface area (Å²) < 4.78 is 26.4. The fraction of sp³-hybridized carbons (Fsp3) is 0.217. The lowest BCUT2D eigenvalue weighted by atomic mass is 9.99. The summed E-state index contributed by atoms with van der Waals surface area (Å²) in [4.78, 5) is 24.3. The highest BCUT2D eigenvalue weighted by atomic mass is 16.6. The molecule has 3 rings (SSSR count). The zero-order chi connectivity index (χ0) is 21.7. The van der Waals surface area contributed by atoms with Gasteiger partial charge in [-0.1, -0.05) is 18.7 Å². The number of carbonyl (C=O) groups excluding carboxylic acids is 1. The van der Waals surface area contributed by atoms with E-state index >= 15 is 0 Å². The molecule has 0 bridgehead atoms. The van der Waals surface area contributed by atoms with Crippen LogP contribution in [0.3, 0.4) is 0 Å². The summed E-state index contributed by atoms with van der Waals surface area (Å²) in [5.74, 6) is 0.953. The van der Waals surface area contributed by atoms with Crippen molar-refractivity contribution in [3.8, 4) is 28.4 Å². The van der Waals surface area contributed by atoms with E-state index in [1.165, 1.54) is 13.2 Å². The average molecular weight is 410 g/mol. The number of fused-ring (bicyclic) bond motifs is 1. The molecule has 0 atom stereocenters. The van der Waals surface area contributed by atoms with Gasteiger partial charge in [0, 0.05) is 11.5 Å². The molecule has 0 fully saturated rings. The molecule has 3 aromatic rings. The van der Waals surface area contributed by atoms with Gasteiger partial charge < -0.3 is 23.4 Å². The van der Waals surface area contributed by atoms with Crippen LogP contribution in [0.5, 0.6) is 17.2 Å². The Balaban J connectivity index is 1.95. The predicted octanol–water partition coefficient (Wildman–Crippen LogP) is 3.89.